The molecule has 0 bridgehead atoms. The molecule has 1 amide bonds. The van der Waals surface area contributed by atoms with Gasteiger partial charge >= 0.3 is 6.09 Å². The van der Waals surface area contributed by atoms with E-state index in [2.05, 4.69) is 5.32 Å². The number of amides is 1. The molecule has 5 heteroatoms. The second-order valence-corrected chi connectivity index (χ2v) is 4.47. The molecule has 0 spiro atoms. The molecule has 0 fully saturated rings. The largest absolute Gasteiger partial charge is 0.495 e. The smallest absolute Gasteiger partial charge is 0.412 e. The zero-order valence-corrected chi connectivity index (χ0v) is 10.3. The first-order chi connectivity index (χ1) is 7.81. The van der Waals surface area contributed by atoms with Gasteiger partial charge in [-0.05, 0) is 32.9 Å². The van der Waals surface area contributed by atoms with Crippen LogP contribution in [0.2, 0.25) is 0 Å². The molecule has 0 aromatic heterocycles. The Morgan fingerprint density at radius 3 is 2.53 bits per heavy atom. The highest BCUT2D eigenvalue weighted by molar-refractivity contribution is 5.86. The van der Waals surface area contributed by atoms with E-state index in [0.717, 1.165) is 0 Å². The minimum absolute atomic E-state index is 0.238. The van der Waals surface area contributed by atoms with Crippen molar-refractivity contribution in [3.05, 3.63) is 24.0 Å². The molecule has 0 atom stereocenters. The summed E-state index contributed by atoms with van der Waals surface area (Å²) in [6.07, 6.45) is -0.651. The molecule has 1 aromatic carbocycles. The van der Waals surface area contributed by atoms with Gasteiger partial charge in [0.25, 0.3) is 0 Å². The van der Waals surface area contributed by atoms with Gasteiger partial charge in [-0.25, -0.2) is 9.18 Å². The van der Waals surface area contributed by atoms with Gasteiger partial charge in [0, 0.05) is 6.07 Å². The summed E-state index contributed by atoms with van der Waals surface area (Å²) in [6, 6.07) is 3.85. The van der Waals surface area contributed by atoms with Gasteiger partial charge in [0.2, 0.25) is 0 Å². The first-order valence-corrected chi connectivity index (χ1v) is 5.15. The van der Waals surface area contributed by atoms with Gasteiger partial charge in [-0.15, -0.1) is 0 Å². The van der Waals surface area contributed by atoms with Crippen molar-refractivity contribution in [1.82, 2.24) is 0 Å². The zero-order valence-electron chi connectivity index (χ0n) is 10.3. The first-order valence-electron chi connectivity index (χ1n) is 5.15. The minimum Gasteiger partial charge on any atom is -0.495 e. The predicted octanol–water partition coefficient (Wildman–Crippen LogP) is 3.18. The van der Waals surface area contributed by atoms with Crippen molar-refractivity contribution >= 4 is 11.8 Å². The van der Waals surface area contributed by atoms with Crippen molar-refractivity contribution in [2.24, 2.45) is 0 Å². The molecule has 0 radical (unpaired) electrons. The van der Waals surface area contributed by atoms with Gasteiger partial charge in [-0.2, -0.15) is 0 Å². The van der Waals surface area contributed by atoms with E-state index in [1.54, 1.807) is 20.8 Å². The number of methoxy groups -OCH3 is 1. The lowest BCUT2D eigenvalue weighted by Crippen LogP contribution is -2.27. The third-order valence-electron chi connectivity index (χ3n) is 1.80. The summed E-state index contributed by atoms with van der Waals surface area (Å²) in [7, 11) is 1.44. The van der Waals surface area contributed by atoms with E-state index in [0.29, 0.717) is 5.75 Å². The Labute approximate surface area is 99.7 Å². The number of hydrogen-bond acceptors (Lipinski definition) is 3. The Hall–Kier alpha value is -1.78. The fraction of sp³-hybridized carbons (Fsp3) is 0.417. The minimum atomic E-state index is -0.651. The lowest BCUT2D eigenvalue weighted by Gasteiger charge is -2.20. The van der Waals surface area contributed by atoms with Crippen LogP contribution in [0.1, 0.15) is 20.8 Å². The van der Waals surface area contributed by atoms with Crippen LogP contribution in [0.4, 0.5) is 14.9 Å². The molecule has 0 aliphatic heterocycles. The van der Waals surface area contributed by atoms with Crippen LogP contribution in [-0.4, -0.2) is 18.8 Å². The van der Waals surface area contributed by atoms with Crippen molar-refractivity contribution in [2.75, 3.05) is 12.4 Å². The fourth-order valence-corrected chi connectivity index (χ4v) is 1.19. The Morgan fingerprint density at radius 2 is 2.00 bits per heavy atom. The topological polar surface area (TPSA) is 47.6 Å². The Bertz CT molecular complexity index is 413. The van der Waals surface area contributed by atoms with Crippen LogP contribution < -0.4 is 10.1 Å². The Morgan fingerprint density at radius 1 is 1.35 bits per heavy atom. The molecule has 1 aromatic rings. The summed E-state index contributed by atoms with van der Waals surface area (Å²) in [5.41, 5.74) is -0.369. The fourth-order valence-electron chi connectivity index (χ4n) is 1.19. The van der Waals surface area contributed by atoms with E-state index >= 15 is 0 Å². The SMILES string of the molecule is COc1ccc(F)cc1NC(=O)OC(C)(C)C. The number of benzene rings is 1. The molecule has 0 aliphatic carbocycles. The van der Waals surface area contributed by atoms with Gasteiger partial charge in [0.1, 0.15) is 17.2 Å². The summed E-state index contributed by atoms with van der Waals surface area (Å²) in [4.78, 5) is 11.5. The normalized spacial score (nSPS) is 10.9. The van der Waals surface area contributed by atoms with Crippen LogP contribution in [-0.2, 0) is 4.74 Å². The maximum Gasteiger partial charge on any atom is 0.412 e. The molecular formula is C12H16FNO3. The molecule has 1 N–H and O–H groups in total. The first kappa shape index (κ1) is 13.3. The number of anilines is 1. The molecule has 0 aliphatic rings. The average Bonchev–Trinajstić information content (AvgIpc) is 2.14. The number of halogens is 1. The Balaban J connectivity index is 2.80. The highest BCUT2D eigenvalue weighted by atomic mass is 19.1. The zero-order chi connectivity index (χ0) is 13.1. The van der Waals surface area contributed by atoms with Crippen LogP contribution in [0.5, 0.6) is 5.75 Å². The van der Waals surface area contributed by atoms with Gasteiger partial charge in [0.15, 0.2) is 0 Å². The number of rotatable bonds is 2. The number of nitrogens with one attached hydrogen (secondary N) is 1. The molecule has 0 saturated heterocycles. The molecule has 17 heavy (non-hydrogen) atoms. The van der Waals surface area contributed by atoms with Crippen molar-refractivity contribution in [3.8, 4) is 5.75 Å². The summed E-state index contributed by atoms with van der Waals surface area (Å²) in [6.45, 7) is 5.24. The van der Waals surface area contributed by atoms with Crippen molar-refractivity contribution in [2.45, 2.75) is 26.4 Å². The summed E-state index contributed by atoms with van der Waals surface area (Å²) >= 11 is 0. The summed E-state index contributed by atoms with van der Waals surface area (Å²) in [5.74, 6) is -0.0888. The molecule has 4 nitrogen and oxygen atoms in total. The van der Waals surface area contributed by atoms with Crippen molar-refractivity contribution in [3.63, 3.8) is 0 Å². The lowest BCUT2D eigenvalue weighted by molar-refractivity contribution is 0.0635. The third kappa shape index (κ3) is 4.30. The van der Waals surface area contributed by atoms with Crippen LogP contribution in [0.3, 0.4) is 0 Å². The average molecular weight is 241 g/mol. The van der Waals surface area contributed by atoms with E-state index in [1.165, 1.54) is 25.3 Å². The summed E-state index contributed by atoms with van der Waals surface area (Å²) in [5, 5.41) is 2.43. The van der Waals surface area contributed by atoms with Gasteiger partial charge in [0.05, 0.1) is 12.8 Å². The van der Waals surface area contributed by atoms with Crippen LogP contribution in [0.15, 0.2) is 18.2 Å². The summed E-state index contributed by atoms with van der Waals surface area (Å²) < 4.78 is 23.1. The van der Waals surface area contributed by atoms with Gasteiger partial charge in [-0.1, -0.05) is 0 Å². The highest BCUT2D eigenvalue weighted by Crippen LogP contribution is 2.25. The quantitative estimate of drug-likeness (QED) is 0.865. The number of ether oxygens (including phenoxy) is 2. The van der Waals surface area contributed by atoms with Gasteiger partial charge in [-0.3, -0.25) is 5.32 Å². The predicted molar refractivity (Wildman–Crippen MR) is 62.8 cm³/mol. The molecular weight excluding hydrogens is 225 g/mol. The van der Waals surface area contributed by atoms with E-state index in [-0.39, 0.29) is 5.69 Å². The molecule has 1 rings (SSSR count). The second-order valence-electron chi connectivity index (χ2n) is 4.47. The van der Waals surface area contributed by atoms with E-state index < -0.39 is 17.5 Å². The third-order valence-corrected chi connectivity index (χ3v) is 1.80. The van der Waals surface area contributed by atoms with Crippen LogP contribution in [0, 0.1) is 5.82 Å². The van der Waals surface area contributed by atoms with Crippen molar-refractivity contribution < 1.29 is 18.7 Å². The molecule has 94 valence electrons. The lowest BCUT2D eigenvalue weighted by atomic mass is 10.2. The highest BCUT2D eigenvalue weighted by Gasteiger charge is 2.17. The maximum absolute atomic E-state index is 13.0. The molecule has 0 unspecified atom stereocenters. The van der Waals surface area contributed by atoms with E-state index in [9.17, 15) is 9.18 Å². The molecule has 0 heterocycles. The monoisotopic (exact) mass is 241 g/mol. The molecule has 0 saturated carbocycles. The second kappa shape index (κ2) is 5.03. The van der Waals surface area contributed by atoms with E-state index in [4.69, 9.17) is 9.47 Å². The number of hydrogen-bond donors (Lipinski definition) is 1. The van der Waals surface area contributed by atoms with E-state index in [1.807, 2.05) is 0 Å². The number of carbonyl (C=O) groups excluding carboxylic acids is 1. The number of carbonyl (C=O) groups is 1. The van der Waals surface area contributed by atoms with Gasteiger partial charge < -0.3 is 9.47 Å². The maximum atomic E-state index is 13.0. The Kier molecular flexibility index (Phi) is 3.93. The van der Waals surface area contributed by atoms with Crippen LogP contribution >= 0.6 is 0 Å². The van der Waals surface area contributed by atoms with Crippen LogP contribution in [0.25, 0.3) is 0 Å². The van der Waals surface area contributed by atoms with Crippen molar-refractivity contribution in [1.29, 1.82) is 0 Å². The standard InChI is InChI=1S/C12H16FNO3/c1-12(2,3)17-11(15)14-9-7-8(13)5-6-10(9)16-4/h5-7H,1-4H3,(H,14,15).